The highest BCUT2D eigenvalue weighted by Crippen LogP contribution is 2.39. The lowest BCUT2D eigenvalue weighted by molar-refractivity contribution is -0.116. The number of amides is 1. The molecule has 1 N–H and O–H groups in total. The molecule has 2 aliphatic heterocycles. The van der Waals surface area contributed by atoms with Gasteiger partial charge in [-0.25, -0.2) is 8.42 Å². The lowest BCUT2D eigenvalue weighted by atomic mass is 10.1. The monoisotopic (exact) mass is 420 g/mol. The summed E-state index contributed by atoms with van der Waals surface area (Å²) in [4.78, 5) is 11.9. The maximum absolute atomic E-state index is 13.5. The van der Waals surface area contributed by atoms with Crippen molar-refractivity contribution >= 4 is 38.9 Å². The molecule has 8 heteroatoms. The molecule has 1 atom stereocenters. The van der Waals surface area contributed by atoms with E-state index in [1.807, 2.05) is 6.92 Å². The maximum atomic E-state index is 13.5. The van der Waals surface area contributed by atoms with E-state index in [1.54, 1.807) is 36.4 Å². The van der Waals surface area contributed by atoms with Crippen molar-refractivity contribution < 1.29 is 17.9 Å². The van der Waals surface area contributed by atoms with Gasteiger partial charge < -0.3 is 10.1 Å². The van der Waals surface area contributed by atoms with E-state index in [2.05, 4.69) is 5.32 Å². The molecular weight excluding hydrogens is 400 g/mol. The summed E-state index contributed by atoms with van der Waals surface area (Å²) in [5.41, 5.74) is 1.96. The van der Waals surface area contributed by atoms with Crippen molar-refractivity contribution in [1.82, 2.24) is 0 Å². The third-order valence-corrected chi connectivity index (χ3v) is 7.11. The third-order valence-electron chi connectivity index (χ3n) is 5.10. The Morgan fingerprint density at radius 2 is 2.04 bits per heavy atom. The van der Waals surface area contributed by atoms with Crippen LogP contribution in [0.2, 0.25) is 5.02 Å². The molecule has 0 spiro atoms. The summed E-state index contributed by atoms with van der Waals surface area (Å²) in [6.07, 6.45) is 2.23. The van der Waals surface area contributed by atoms with Crippen LogP contribution in [-0.2, 0) is 21.2 Å². The van der Waals surface area contributed by atoms with Gasteiger partial charge in [0.05, 0.1) is 17.1 Å². The van der Waals surface area contributed by atoms with E-state index < -0.39 is 10.0 Å². The van der Waals surface area contributed by atoms with Gasteiger partial charge in [0.15, 0.2) is 0 Å². The van der Waals surface area contributed by atoms with E-state index in [1.165, 1.54) is 4.31 Å². The van der Waals surface area contributed by atoms with Gasteiger partial charge in [0.1, 0.15) is 11.9 Å². The first-order valence-corrected chi connectivity index (χ1v) is 11.1. The van der Waals surface area contributed by atoms with E-state index in [9.17, 15) is 13.2 Å². The highest BCUT2D eigenvalue weighted by atomic mass is 35.5. The Kier molecular flexibility index (Phi) is 4.97. The molecule has 2 heterocycles. The molecule has 0 aliphatic carbocycles. The Balaban J connectivity index is 1.77. The van der Waals surface area contributed by atoms with Gasteiger partial charge in [0, 0.05) is 17.1 Å². The lowest BCUT2D eigenvalue weighted by Gasteiger charge is -2.35. The number of halogens is 1. The number of anilines is 2. The van der Waals surface area contributed by atoms with Gasteiger partial charge in [-0.2, -0.15) is 0 Å². The number of nitrogens with one attached hydrogen (secondary N) is 1. The van der Waals surface area contributed by atoms with Crippen LogP contribution in [0.25, 0.3) is 0 Å². The van der Waals surface area contributed by atoms with Crippen molar-refractivity contribution in [2.24, 2.45) is 0 Å². The number of benzene rings is 2. The summed E-state index contributed by atoms with van der Waals surface area (Å²) >= 11 is 6.12. The molecule has 1 amide bonds. The fourth-order valence-electron chi connectivity index (χ4n) is 3.56. The number of sulfonamides is 1. The normalized spacial score (nSPS) is 19.1. The second-order valence-corrected chi connectivity index (χ2v) is 9.32. The Labute approximate surface area is 169 Å². The molecule has 0 saturated carbocycles. The van der Waals surface area contributed by atoms with Gasteiger partial charge in [0.25, 0.3) is 10.0 Å². The number of aryl methyl sites for hydroxylation is 1. The van der Waals surface area contributed by atoms with Gasteiger partial charge in [-0.1, -0.05) is 18.5 Å². The summed E-state index contributed by atoms with van der Waals surface area (Å²) in [6.45, 7) is 2.18. The van der Waals surface area contributed by atoms with Gasteiger partial charge in [0.2, 0.25) is 5.91 Å². The minimum absolute atomic E-state index is 0.0445. The molecular formula is C20H21ClN2O4S. The van der Waals surface area contributed by atoms with Crippen molar-refractivity contribution in [1.29, 1.82) is 0 Å². The number of carbonyl (C=O) groups is 1. The Hall–Kier alpha value is -2.25. The summed E-state index contributed by atoms with van der Waals surface area (Å²) in [6, 6.07) is 9.88. The summed E-state index contributed by atoms with van der Waals surface area (Å²) in [5.74, 6) is 0.463. The van der Waals surface area contributed by atoms with Crippen LogP contribution < -0.4 is 14.4 Å². The minimum atomic E-state index is -3.81. The second-order valence-electron chi connectivity index (χ2n) is 7.02. The predicted molar refractivity (Wildman–Crippen MR) is 109 cm³/mol. The van der Waals surface area contributed by atoms with E-state index in [4.69, 9.17) is 16.3 Å². The molecule has 2 aromatic carbocycles. The topological polar surface area (TPSA) is 75.7 Å². The minimum Gasteiger partial charge on any atom is -0.486 e. The summed E-state index contributed by atoms with van der Waals surface area (Å²) in [5, 5.41) is 3.28. The standard InChI is InChI=1S/C20H21ClN2O4S/c1-2-15-12-23(18-11-14(21)6-9-19(18)27-15)28(25,26)16-7-8-17-13(10-16)4-3-5-20(24)22-17/h6-11,15H,2-5,12H2,1H3,(H,22,24)/t15-/m1/s1. The van der Waals surface area contributed by atoms with Crippen LogP contribution >= 0.6 is 11.6 Å². The van der Waals surface area contributed by atoms with Crippen molar-refractivity contribution in [2.75, 3.05) is 16.2 Å². The number of nitrogens with zero attached hydrogens (tertiary/aromatic N) is 1. The first-order chi connectivity index (χ1) is 13.4. The Bertz CT molecular complexity index is 1040. The van der Waals surface area contributed by atoms with Crippen LogP contribution in [0.15, 0.2) is 41.3 Å². The van der Waals surface area contributed by atoms with Crippen LogP contribution in [-0.4, -0.2) is 27.0 Å². The highest BCUT2D eigenvalue weighted by Gasteiger charge is 2.34. The summed E-state index contributed by atoms with van der Waals surface area (Å²) in [7, 11) is -3.81. The number of hydrogen-bond donors (Lipinski definition) is 1. The van der Waals surface area contributed by atoms with Gasteiger partial charge in [-0.15, -0.1) is 0 Å². The molecule has 0 saturated heterocycles. The van der Waals surface area contributed by atoms with Crippen molar-refractivity contribution in [3.63, 3.8) is 0 Å². The molecule has 6 nitrogen and oxygen atoms in total. The number of ether oxygens (including phenoxy) is 1. The zero-order chi connectivity index (χ0) is 19.9. The number of fused-ring (bicyclic) bond motifs is 2. The lowest BCUT2D eigenvalue weighted by Crippen LogP contribution is -2.43. The molecule has 0 radical (unpaired) electrons. The van der Waals surface area contributed by atoms with Gasteiger partial charge >= 0.3 is 0 Å². The van der Waals surface area contributed by atoms with E-state index in [0.29, 0.717) is 47.8 Å². The fourth-order valence-corrected chi connectivity index (χ4v) is 5.28. The zero-order valence-corrected chi connectivity index (χ0v) is 17.0. The van der Waals surface area contributed by atoms with Crippen molar-refractivity contribution in [3.8, 4) is 5.75 Å². The molecule has 2 aliphatic rings. The first kappa shape index (κ1) is 19.1. The smallest absolute Gasteiger partial charge is 0.264 e. The molecule has 0 aromatic heterocycles. The number of hydrogen-bond acceptors (Lipinski definition) is 4. The Morgan fingerprint density at radius 3 is 2.82 bits per heavy atom. The predicted octanol–water partition coefficient (Wildman–Crippen LogP) is 3.98. The van der Waals surface area contributed by atoms with Crippen LogP contribution in [0.3, 0.4) is 0 Å². The summed E-state index contributed by atoms with van der Waals surface area (Å²) < 4.78 is 34.3. The quantitative estimate of drug-likeness (QED) is 0.814. The third kappa shape index (κ3) is 3.44. The van der Waals surface area contributed by atoms with E-state index in [-0.39, 0.29) is 23.5 Å². The molecule has 0 unspecified atom stereocenters. The van der Waals surface area contributed by atoms with E-state index in [0.717, 1.165) is 5.56 Å². The van der Waals surface area contributed by atoms with Crippen molar-refractivity contribution in [3.05, 3.63) is 47.0 Å². The number of carbonyl (C=O) groups excluding carboxylic acids is 1. The molecule has 148 valence electrons. The molecule has 0 bridgehead atoms. The average Bonchev–Trinajstić information content (AvgIpc) is 2.86. The molecule has 4 rings (SSSR count). The van der Waals surface area contributed by atoms with Gasteiger partial charge in [-0.05, 0) is 61.2 Å². The maximum Gasteiger partial charge on any atom is 0.264 e. The van der Waals surface area contributed by atoms with Gasteiger partial charge in [-0.3, -0.25) is 9.10 Å². The Morgan fingerprint density at radius 1 is 1.21 bits per heavy atom. The van der Waals surface area contributed by atoms with Crippen molar-refractivity contribution in [2.45, 2.75) is 43.6 Å². The van der Waals surface area contributed by atoms with Crippen LogP contribution in [0, 0.1) is 0 Å². The molecule has 28 heavy (non-hydrogen) atoms. The highest BCUT2D eigenvalue weighted by molar-refractivity contribution is 7.92. The number of rotatable bonds is 3. The largest absolute Gasteiger partial charge is 0.486 e. The first-order valence-electron chi connectivity index (χ1n) is 9.30. The fraction of sp³-hybridized carbons (Fsp3) is 0.350. The van der Waals surface area contributed by atoms with Crippen LogP contribution in [0.1, 0.15) is 31.7 Å². The SMILES string of the molecule is CC[C@@H]1CN(S(=O)(=O)c2ccc3c(c2)CCCC(=O)N3)c2cc(Cl)ccc2O1. The molecule has 0 fully saturated rings. The van der Waals surface area contributed by atoms with Crippen LogP contribution in [0.4, 0.5) is 11.4 Å². The molecule has 2 aromatic rings. The van der Waals surface area contributed by atoms with E-state index >= 15 is 0 Å². The zero-order valence-electron chi connectivity index (χ0n) is 15.4. The second kappa shape index (κ2) is 7.29. The van der Waals surface area contributed by atoms with Crippen LogP contribution in [0.5, 0.6) is 5.75 Å². The average molecular weight is 421 g/mol.